The molecule has 1 atom stereocenters. The molecule has 4 N–H and O–H groups in total. The number of H-pyrrole nitrogens is 2. The number of carbonyl (C=O) groups excluding carboxylic acids is 4. The predicted octanol–water partition coefficient (Wildman–Crippen LogP) is 10.1. The monoisotopic (exact) mass is 873 g/mol. The van der Waals surface area contributed by atoms with E-state index >= 15 is 0 Å². The van der Waals surface area contributed by atoms with Crippen molar-refractivity contribution in [3.63, 3.8) is 0 Å². The van der Waals surface area contributed by atoms with Crippen LogP contribution in [0, 0.1) is 0 Å². The van der Waals surface area contributed by atoms with E-state index in [1.54, 1.807) is 16.0 Å². The average molecular weight is 873 g/mol. The summed E-state index contributed by atoms with van der Waals surface area (Å²) >= 11 is 0. The standard InChI is InChI=1S/C38H44N8O7.2C3H8.2C2H6/c1-6-12-45(34(47)17-40-37(49)51-4)19-32-39-16-30(43-32)24-8-10-26-25(13-24)21-53-31-15-27-23(14-28(26)31)9-11-29-36(27)44-33(42-29)20-46(22(3)7-2)35(48)18-41-38(50)52-5;2*1-3-2;2*1-2/h8-11,13-16,22H,6-7,12,17-21H2,1-5H3,(H,39,43)(H,40,49)(H,41,50)(H,42,44);2*3H2,1-2H3;2*1-2H3/t22-;;;;/m0..../s1. The summed E-state index contributed by atoms with van der Waals surface area (Å²) in [4.78, 5) is 68.3. The number of rotatable bonds is 13. The smallest absolute Gasteiger partial charge is 0.407 e. The molecule has 2 aromatic heterocycles. The highest BCUT2D eigenvalue weighted by molar-refractivity contribution is 6.07. The number of aromatic amines is 2. The second kappa shape index (κ2) is 27.7. The van der Waals surface area contributed by atoms with Crippen molar-refractivity contribution in [3.8, 4) is 28.1 Å². The quantitative estimate of drug-likeness (QED) is 0.0894. The number of aromatic nitrogens is 4. The highest BCUT2D eigenvalue weighted by Gasteiger charge is 2.24. The van der Waals surface area contributed by atoms with Crippen LogP contribution in [0.15, 0.2) is 48.7 Å². The Bertz CT molecular complexity index is 2200. The molecule has 0 saturated carbocycles. The molecule has 3 aromatic carbocycles. The molecule has 346 valence electrons. The minimum atomic E-state index is -0.660. The third kappa shape index (κ3) is 14.7. The average Bonchev–Trinajstić information content (AvgIpc) is 3.97. The Morgan fingerprint density at radius 3 is 2.03 bits per heavy atom. The van der Waals surface area contributed by atoms with Crippen LogP contribution < -0.4 is 15.4 Å². The maximum absolute atomic E-state index is 13.1. The molecule has 0 saturated heterocycles. The summed E-state index contributed by atoms with van der Waals surface area (Å²) in [5.41, 5.74) is 6.45. The highest BCUT2D eigenvalue weighted by atomic mass is 16.5. The Kier molecular flexibility index (Phi) is 23.4. The van der Waals surface area contributed by atoms with Gasteiger partial charge < -0.3 is 44.6 Å². The third-order valence-corrected chi connectivity index (χ3v) is 9.42. The number of hydrogen-bond donors (Lipinski definition) is 4. The van der Waals surface area contributed by atoms with Crippen molar-refractivity contribution in [2.24, 2.45) is 0 Å². The number of methoxy groups -OCH3 is 2. The van der Waals surface area contributed by atoms with Crippen molar-refractivity contribution >= 4 is 45.8 Å². The molecular weight excluding hydrogens is 801 g/mol. The summed E-state index contributed by atoms with van der Waals surface area (Å²) in [7, 11) is 2.51. The highest BCUT2D eigenvalue weighted by Crippen LogP contribution is 2.42. The lowest BCUT2D eigenvalue weighted by Crippen LogP contribution is -2.44. The molecular formula is C48H72N8O7. The van der Waals surface area contributed by atoms with Gasteiger partial charge in [-0.15, -0.1) is 0 Å². The van der Waals surface area contributed by atoms with E-state index in [0.29, 0.717) is 24.8 Å². The summed E-state index contributed by atoms with van der Waals surface area (Å²) in [6, 6.07) is 14.3. The number of alkyl carbamates (subject to hydrolysis) is 2. The van der Waals surface area contributed by atoms with Crippen molar-refractivity contribution < 1.29 is 33.4 Å². The number of carbonyl (C=O) groups is 4. The SMILES string of the molecule is CC.CC.CCC.CCC.CCCN(Cc1ncc(-c2ccc3c(c2)COc2cc4c(ccc5[nH]c(CN(C(=O)CNC(=O)OC)[C@@H](C)CC)nc54)cc2-3)[nH]1)C(=O)CNC(=O)OC. The van der Waals surface area contributed by atoms with Crippen LogP contribution in [-0.4, -0.2) is 93.6 Å². The van der Waals surface area contributed by atoms with Gasteiger partial charge in [0.1, 0.15) is 37.1 Å². The molecule has 0 unspecified atom stereocenters. The number of imidazole rings is 2. The van der Waals surface area contributed by atoms with Crippen LogP contribution in [0.5, 0.6) is 5.75 Å². The predicted molar refractivity (Wildman–Crippen MR) is 252 cm³/mol. The van der Waals surface area contributed by atoms with Gasteiger partial charge in [-0.25, -0.2) is 19.6 Å². The van der Waals surface area contributed by atoms with Crippen molar-refractivity contribution in [1.82, 2.24) is 40.4 Å². The number of ether oxygens (including phenoxy) is 3. The van der Waals surface area contributed by atoms with Gasteiger partial charge in [0.25, 0.3) is 0 Å². The molecule has 0 bridgehead atoms. The number of nitrogens with zero attached hydrogens (tertiary/aromatic N) is 4. The van der Waals surface area contributed by atoms with Crippen LogP contribution in [0.1, 0.15) is 119 Å². The van der Waals surface area contributed by atoms with Crippen LogP contribution in [-0.2, 0) is 38.8 Å². The van der Waals surface area contributed by atoms with Gasteiger partial charge in [-0.3, -0.25) is 9.59 Å². The van der Waals surface area contributed by atoms with Gasteiger partial charge in [-0.1, -0.05) is 100 Å². The Balaban J connectivity index is 0.00000126. The fourth-order valence-corrected chi connectivity index (χ4v) is 6.44. The van der Waals surface area contributed by atoms with Gasteiger partial charge in [0.2, 0.25) is 11.8 Å². The number of nitrogens with one attached hydrogen (secondary N) is 4. The molecule has 0 fully saturated rings. The van der Waals surface area contributed by atoms with E-state index in [4.69, 9.17) is 9.72 Å². The van der Waals surface area contributed by atoms with Crippen molar-refractivity contribution in [3.05, 3.63) is 65.9 Å². The zero-order valence-corrected chi connectivity index (χ0v) is 39.9. The molecule has 6 rings (SSSR count). The van der Waals surface area contributed by atoms with Crippen LogP contribution in [0.3, 0.4) is 0 Å². The lowest BCUT2D eigenvalue weighted by Gasteiger charge is -2.27. The van der Waals surface area contributed by atoms with Crippen LogP contribution >= 0.6 is 0 Å². The zero-order chi connectivity index (χ0) is 47.1. The lowest BCUT2D eigenvalue weighted by atomic mass is 9.92. The Morgan fingerprint density at radius 1 is 0.794 bits per heavy atom. The molecule has 1 aliphatic rings. The minimum Gasteiger partial charge on any atom is -0.488 e. The number of amides is 4. The second-order valence-electron chi connectivity index (χ2n) is 14.3. The molecule has 0 spiro atoms. The van der Waals surface area contributed by atoms with Gasteiger partial charge in [0.15, 0.2) is 0 Å². The Labute approximate surface area is 374 Å². The summed E-state index contributed by atoms with van der Waals surface area (Å²) in [6.07, 6.45) is 4.43. The fourth-order valence-electron chi connectivity index (χ4n) is 6.44. The molecule has 15 nitrogen and oxygen atoms in total. The van der Waals surface area contributed by atoms with Gasteiger partial charge in [-0.05, 0) is 66.1 Å². The minimum absolute atomic E-state index is 0.0711. The van der Waals surface area contributed by atoms with Gasteiger partial charge in [0.05, 0.1) is 50.2 Å². The summed E-state index contributed by atoms with van der Waals surface area (Å²) in [5.74, 6) is 1.56. The maximum atomic E-state index is 13.1. The van der Waals surface area contributed by atoms with Gasteiger partial charge in [-0.2, -0.15) is 0 Å². The van der Waals surface area contributed by atoms with Crippen LogP contribution in [0.4, 0.5) is 9.59 Å². The number of fused-ring (bicyclic) bond motifs is 6. The van der Waals surface area contributed by atoms with Gasteiger partial charge >= 0.3 is 12.2 Å². The first-order valence-electron chi connectivity index (χ1n) is 22.4. The molecule has 15 heteroatoms. The molecule has 5 aromatic rings. The molecule has 0 radical (unpaired) electrons. The first kappa shape index (κ1) is 53.0. The van der Waals surface area contributed by atoms with E-state index in [9.17, 15) is 19.2 Å². The molecule has 3 heterocycles. The summed E-state index contributed by atoms with van der Waals surface area (Å²) in [6.45, 7) is 23.5. The number of benzene rings is 3. The van der Waals surface area contributed by atoms with Crippen molar-refractivity contribution in [2.45, 2.75) is 128 Å². The van der Waals surface area contributed by atoms with Crippen molar-refractivity contribution in [2.75, 3.05) is 33.9 Å². The maximum Gasteiger partial charge on any atom is 0.407 e. The molecule has 4 amide bonds. The van der Waals surface area contributed by atoms with E-state index in [2.05, 4.69) is 81.0 Å². The first-order chi connectivity index (χ1) is 30.4. The normalized spacial score (nSPS) is 11.1. The largest absolute Gasteiger partial charge is 0.488 e. The van der Waals surface area contributed by atoms with Crippen molar-refractivity contribution in [1.29, 1.82) is 0 Å². The third-order valence-electron chi connectivity index (χ3n) is 9.42. The van der Waals surface area contributed by atoms with Crippen LogP contribution in [0.2, 0.25) is 0 Å². The topological polar surface area (TPSA) is 184 Å². The Morgan fingerprint density at radius 2 is 1.43 bits per heavy atom. The fraction of sp³-hybridized carbons (Fsp3) is 0.500. The second-order valence-corrected chi connectivity index (χ2v) is 14.3. The summed E-state index contributed by atoms with van der Waals surface area (Å²) < 4.78 is 15.5. The van der Waals surface area contributed by atoms with Crippen LogP contribution in [0.25, 0.3) is 44.2 Å². The molecule has 63 heavy (non-hydrogen) atoms. The van der Waals surface area contributed by atoms with E-state index in [1.807, 2.05) is 72.7 Å². The van der Waals surface area contributed by atoms with E-state index < -0.39 is 12.2 Å². The lowest BCUT2D eigenvalue weighted by molar-refractivity contribution is -0.133. The number of hydrogen-bond acceptors (Lipinski definition) is 9. The zero-order valence-electron chi connectivity index (χ0n) is 39.9. The van der Waals surface area contributed by atoms with Gasteiger partial charge in [0, 0.05) is 23.5 Å². The molecule has 0 aliphatic carbocycles. The molecule has 1 aliphatic heterocycles. The summed E-state index contributed by atoms with van der Waals surface area (Å²) in [5, 5.41) is 6.84. The Hall–Kier alpha value is -6.12. The van der Waals surface area contributed by atoms with E-state index in [-0.39, 0.29) is 44.0 Å². The van der Waals surface area contributed by atoms with E-state index in [0.717, 1.165) is 68.3 Å². The first-order valence-corrected chi connectivity index (χ1v) is 22.4. The van der Waals surface area contributed by atoms with E-state index in [1.165, 1.54) is 27.1 Å².